The second-order valence-corrected chi connectivity index (χ2v) is 5.85. The topological polar surface area (TPSA) is 78.7 Å². The monoisotopic (exact) mass is 342 g/mol. The van der Waals surface area contributed by atoms with E-state index in [1.807, 2.05) is 0 Å². The van der Waals surface area contributed by atoms with Crippen molar-refractivity contribution in [2.24, 2.45) is 0 Å². The van der Waals surface area contributed by atoms with Gasteiger partial charge in [0, 0.05) is 43.0 Å². The van der Waals surface area contributed by atoms with Crippen molar-refractivity contribution in [3.8, 4) is 0 Å². The zero-order valence-electron chi connectivity index (χ0n) is 13.6. The second-order valence-electron chi connectivity index (χ2n) is 5.85. The van der Waals surface area contributed by atoms with E-state index in [0.29, 0.717) is 43.0 Å². The van der Waals surface area contributed by atoms with Gasteiger partial charge in [-0.15, -0.1) is 0 Å². The molecule has 0 bridgehead atoms. The first kappa shape index (κ1) is 16.9. The number of carbonyl (C=O) groups is 2. The lowest BCUT2D eigenvalue weighted by molar-refractivity contribution is 0.0505. The zero-order valence-corrected chi connectivity index (χ0v) is 13.6. The van der Waals surface area contributed by atoms with Crippen LogP contribution in [0.1, 0.15) is 20.7 Å². The molecule has 1 aliphatic heterocycles. The summed E-state index contributed by atoms with van der Waals surface area (Å²) < 4.78 is 12.9. The third kappa shape index (κ3) is 4.13. The van der Waals surface area contributed by atoms with Crippen molar-refractivity contribution in [3.63, 3.8) is 0 Å². The summed E-state index contributed by atoms with van der Waals surface area (Å²) in [6, 6.07) is 12.2. The fraction of sp³-hybridized carbons (Fsp3) is 0.222. The molecule has 130 valence electrons. The molecular weight excluding hydrogens is 323 g/mol. The van der Waals surface area contributed by atoms with Gasteiger partial charge in [0.15, 0.2) is 0 Å². The van der Waals surface area contributed by atoms with E-state index in [9.17, 15) is 14.0 Å². The molecule has 1 heterocycles. The van der Waals surface area contributed by atoms with Gasteiger partial charge in [-0.3, -0.25) is 15.0 Å². The summed E-state index contributed by atoms with van der Waals surface area (Å²) in [4.78, 5) is 26.3. The lowest BCUT2D eigenvalue weighted by Crippen LogP contribution is -2.54. The Morgan fingerprint density at radius 2 is 1.44 bits per heavy atom. The van der Waals surface area contributed by atoms with Gasteiger partial charge in [-0.1, -0.05) is 0 Å². The van der Waals surface area contributed by atoms with Crippen LogP contribution >= 0.6 is 0 Å². The lowest BCUT2D eigenvalue weighted by atomic mass is 10.1. The molecule has 0 aromatic heterocycles. The maximum atomic E-state index is 12.9. The van der Waals surface area contributed by atoms with Crippen molar-refractivity contribution >= 4 is 17.5 Å². The van der Waals surface area contributed by atoms with Crippen LogP contribution in [0.25, 0.3) is 0 Å². The molecule has 0 unspecified atom stereocenters. The maximum Gasteiger partial charge on any atom is 0.265 e. The van der Waals surface area contributed by atoms with E-state index in [4.69, 9.17) is 5.73 Å². The van der Waals surface area contributed by atoms with Gasteiger partial charge in [-0.25, -0.2) is 9.40 Å². The molecule has 7 heteroatoms. The van der Waals surface area contributed by atoms with E-state index in [-0.39, 0.29) is 17.6 Å². The number of amides is 2. The molecule has 2 aromatic rings. The Balaban J connectivity index is 1.53. The third-order valence-electron chi connectivity index (χ3n) is 4.09. The smallest absolute Gasteiger partial charge is 0.265 e. The van der Waals surface area contributed by atoms with Gasteiger partial charge in [0.05, 0.1) is 0 Å². The summed E-state index contributed by atoms with van der Waals surface area (Å²) in [6.07, 6.45) is 0. The number of nitrogen functional groups attached to an aromatic ring is 1. The van der Waals surface area contributed by atoms with Gasteiger partial charge in [-0.2, -0.15) is 0 Å². The summed E-state index contributed by atoms with van der Waals surface area (Å²) in [7, 11) is 0. The lowest BCUT2D eigenvalue weighted by Gasteiger charge is -2.34. The average Bonchev–Trinajstić information content (AvgIpc) is 2.63. The van der Waals surface area contributed by atoms with Gasteiger partial charge in [0.2, 0.25) is 0 Å². The highest BCUT2D eigenvalue weighted by Gasteiger charge is 2.23. The maximum absolute atomic E-state index is 12.9. The molecule has 1 fully saturated rings. The standard InChI is InChI=1S/C18H19FN4O2/c19-15-5-1-13(2-6-15)17(24)21-23-11-9-22(10-12-23)18(25)14-3-7-16(20)8-4-14/h1-8H,9-12,20H2,(H,21,24). The number of nitrogens with two attached hydrogens (primary N) is 1. The fourth-order valence-corrected chi connectivity index (χ4v) is 2.64. The minimum atomic E-state index is -0.383. The first-order chi connectivity index (χ1) is 12.0. The van der Waals surface area contributed by atoms with Gasteiger partial charge in [0.25, 0.3) is 11.8 Å². The van der Waals surface area contributed by atoms with E-state index in [1.165, 1.54) is 24.3 Å². The predicted molar refractivity (Wildman–Crippen MR) is 92.2 cm³/mol. The van der Waals surface area contributed by atoms with Crippen molar-refractivity contribution in [2.45, 2.75) is 0 Å². The summed E-state index contributed by atoms with van der Waals surface area (Å²) >= 11 is 0. The Morgan fingerprint density at radius 1 is 0.880 bits per heavy atom. The van der Waals surface area contributed by atoms with Crippen molar-refractivity contribution in [1.82, 2.24) is 15.3 Å². The molecule has 25 heavy (non-hydrogen) atoms. The fourth-order valence-electron chi connectivity index (χ4n) is 2.64. The molecule has 1 aliphatic rings. The van der Waals surface area contributed by atoms with Crippen LogP contribution < -0.4 is 11.2 Å². The summed E-state index contributed by atoms with van der Waals surface area (Å²) in [5.41, 5.74) is 10.0. The molecular formula is C18H19FN4O2. The number of halogens is 1. The molecule has 0 atom stereocenters. The van der Waals surface area contributed by atoms with Gasteiger partial charge in [0.1, 0.15) is 5.82 Å². The Morgan fingerprint density at radius 3 is 2.04 bits per heavy atom. The van der Waals surface area contributed by atoms with Crippen LogP contribution in [0.5, 0.6) is 0 Å². The van der Waals surface area contributed by atoms with Gasteiger partial charge >= 0.3 is 0 Å². The SMILES string of the molecule is Nc1ccc(C(=O)N2CCN(NC(=O)c3ccc(F)cc3)CC2)cc1. The first-order valence-corrected chi connectivity index (χ1v) is 7.99. The largest absolute Gasteiger partial charge is 0.399 e. The molecule has 2 amide bonds. The molecule has 0 aliphatic carbocycles. The first-order valence-electron chi connectivity index (χ1n) is 7.99. The molecule has 6 nitrogen and oxygen atoms in total. The highest BCUT2D eigenvalue weighted by molar-refractivity contribution is 5.95. The molecule has 1 saturated heterocycles. The number of hydrogen-bond acceptors (Lipinski definition) is 4. The number of hydrogen-bond donors (Lipinski definition) is 2. The van der Waals surface area contributed by atoms with Crippen LogP contribution in [0, 0.1) is 5.82 Å². The van der Waals surface area contributed by atoms with E-state index in [2.05, 4.69) is 5.43 Å². The Hall–Kier alpha value is -2.93. The normalized spacial score (nSPS) is 15.0. The second kappa shape index (κ2) is 7.31. The van der Waals surface area contributed by atoms with Crippen LogP contribution in [0.15, 0.2) is 48.5 Å². The Kier molecular flexibility index (Phi) is 4.95. The number of nitrogens with zero attached hydrogens (tertiary/aromatic N) is 2. The highest BCUT2D eigenvalue weighted by Crippen LogP contribution is 2.11. The predicted octanol–water partition coefficient (Wildman–Crippen LogP) is 1.51. The van der Waals surface area contributed by atoms with Crippen molar-refractivity contribution < 1.29 is 14.0 Å². The van der Waals surface area contributed by atoms with Crippen molar-refractivity contribution in [3.05, 3.63) is 65.5 Å². The molecule has 0 spiro atoms. The van der Waals surface area contributed by atoms with Crippen LogP contribution in [0.2, 0.25) is 0 Å². The van der Waals surface area contributed by atoms with E-state index < -0.39 is 0 Å². The summed E-state index contributed by atoms with van der Waals surface area (Å²) in [5, 5.41) is 1.76. The van der Waals surface area contributed by atoms with E-state index >= 15 is 0 Å². The van der Waals surface area contributed by atoms with E-state index in [1.54, 1.807) is 34.2 Å². The third-order valence-corrected chi connectivity index (χ3v) is 4.09. The van der Waals surface area contributed by atoms with Crippen LogP contribution in [0.4, 0.5) is 10.1 Å². The molecule has 3 N–H and O–H groups in total. The average molecular weight is 342 g/mol. The zero-order chi connectivity index (χ0) is 17.8. The highest BCUT2D eigenvalue weighted by atomic mass is 19.1. The Labute approximate surface area is 145 Å². The number of rotatable bonds is 3. The quantitative estimate of drug-likeness (QED) is 0.829. The van der Waals surface area contributed by atoms with Crippen LogP contribution in [-0.4, -0.2) is 47.9 Å². The number of hydrazine groups is 1. The minimum absolute atomic E-state index is 0.0514. The van der Waals surface area contributed by atoms with Crippen molar-refractivity contribution in [1.29, 1.82) is 0 Å². The van der Waals surface area contributed by atoms with Crippen LogP contribution in [0.3, 0.4) is 0 Å². The van der Waals surface area contributed by atoms with E-state index in [0.717, 1.165) is 0 Å². The minimum Gasteiger partial charge on any atom is -0.399 e. The molecule has 0 saturated carbocycles. The van der Waals surface area contributed by atoms with Crippen molar-refractivity contribution in [2.75, 3.05) is 31.9 Å². The van der Waals surface area contributed by atoms with Gasteiger partial charge in [-0.05, 0) is 48.5 Å². The number of anilines is 1. The van der Waals surface area contributed by atoms with Crippen LogP contribution in [-0.2, 0) is 0 Å². The van der Waals surface area contributed by atoms with Gasteiger partial charge < -0.3 is 10.6 Å². The molecule has 3 rings (SSSR count). The summed E-state index contributed by atoms with van der Waals surface area (Å²) in [6.45, 7) is 2.06. The number of benzene rings is 2. The molecule has 2 aromatic carbocycles. The number of nitrogens with one attached hydrogen (secondary N) is 1. The number of piperazine rings is 1. The molecule has 0 radical (unpaired) electrons. The Bertz CT molecular complexity index is 754. The summed E-state index contributed by atoms with van der Waals surface area (Å²) in [5.74, 6) is -0.728. The number of carbonyl (C=O) groups excluding carboxylic acids is 2.